The van der Waals surface area contributed by atoms with Crippen molar-refractivity contribution in [3.63, 3.8) is 0 Å². The van der Waals surface area contributed by atoms with E-state index in [1.165, 1.54) is 6.07 Å². The molecule has 6 nitrogen and oxygen atoms in total. The van der Waals surface area contributed by atoms with Crippen LogP contribution in [0.25, 0.3) is 0 Å². The van der Waals surface area contributed by atoms with Crippen LogP contribution >= 0.6 is 0 Å². The second kappa shape index (κ2) is 3.84. The highest BCUT2D eigenvalue weighted by molar-refractivity contribution is 5.82. The lowest BCUT2D eigenvalue weighted by Crippen LogP contribution is -2.08. The first-order valence-electron chi connectivity index (χ1n) is 3.63. The number of benzene rings is 1. The molecule has 0 unspecified atom stereocenters. The van der Waals surface area contributed by atoms with Gasteiger partial charge >= 0.3 is 5.91 Å². The molecule has 1 amide bonds. The van der Waals surface area contributed by atoms with Crippen molar-refractivity contribution in [3.05, 3.63) is 28.7 Å². The van der Waals surface area contributed by atoms with Gasteiger partial charge in [-0.25, -0.2) is 0 Å². The van der Waals surface area contributed by atoms with Gasteiger partial charge in [-0.1, -0.05) is 6.07 Å². The number of amides is 1. The predicted molar refractivity (Wildman–Crippen MR) is 45.5 cm³/mol. The molecule has 0 fully saturated rings. The number of aliphatic hydroxyl groups is 1. The number of carbonyl (C=O) groups excluding carboxylic acids is 1. The molecule has 0 spiro atoms. The number of phenols is 2. The first-order chi connectivity index (χ1) is 6.56. The van der Waals surface area contributed by atoms with Crippen LogP contribution in [0.1, 0.15) is 11.7 Å². The Hall–Kier alpha value is -1.95. The zero-order chi connectivity index (χ0) is 10.7. The first kappa shape index (κ1) is 10.1. The molecule has 0 aromatic heterocycles. The summed E-state index contributed by atoms with van der Waals surface area (Å²) < 4.78 is 0. The van der Waals surface area contributed by atoms with E-state index in [-0.39, 0.29) is 11.3 Å². The van der Waals surface area contributed by atoms with Gasteiger partial charge in [0, 0.05) is 5.18 Å². The minimum absolute atomic E-state index is 0.00935. The Morgan fingerprint density at radius 3 is 2.43 bits per heavy atom. The zero-order valence-electron chi connectivity index (χ0n) is 6.91. The minimum atomic E-state index is -1.71. The van der Waals surface area contributed by atoms with Crippen molar-refractivity contribution in [1.29, 1.82) is 0 Å². The van der Waals surface area contributed by atoms with Crippen LogP contribution in [0.15, 0.2) is 23.4 Å². The second-order valence-electron chi connectivity index (χ2n) is 2.58. The molecule has 0 aliphatic carbocycles. The number of nitroso groups, excluding NO2 is 1. The van der Waals surface area contributed by atoms with Crippen LogP contribution in [0.5, 0.6) is 11.5 Å². The van der Waals surface area contributed by atoms with Gasteiger partial charge in [-0.2, -0.15) is 0 Å². The van der Waals surface area contributed by atoms with Gasteiger partial charge in [0.25, 0.3) is 0 Å². The fourth-order valence-corrected chi connectivity index (χ4v) is 0.903. The molecule has 1 aromatic carbocycles. The van der Waals surface area contributed by atoms with Gasteiger partial charge in [0.05, 0.1) is 0 Å². The fourth-order valence-electron chi connectivity index (χ4n) is 0.903. The monoisotopic (exact) mass is 197 g/mol. The summed E-state index contributed by atoms with van der Waals surface area (Å²) in [5, 5.41) is 29.1. The number of rotatable bonds is 2. The van der Waals surface area contributed by atoms with Crippen LogP contribution in [-0.2, 0) is 4.79 Å². The lowest BCUT2D eigenvalue weighted by Gasteiger charge is -2.06. The average molecular weight is 197 g/mol. The van der Waals surface area contributed by atoms with E-state index in [9.17, 15) is 9.70 Å². The molecule has 0 aliphatic rings. The number of hydrogen-bond donors (Lipinski definition) is 3. The van der Waals surface area contributed by atoms with E-state index in [4.69, 9.17) is 15.3 Å². The van der Waals surface area contributed by atoms with E-state index in [2.05, 4.69) is 0 Å². The van der Waals surface area contributed by atoms with Crippen LogP contribution in [0, 0.1) is 4.91 Å². The van der Waals surface area contributed by atoms with Gasteiger partial charge in [-0.15, -0.1) is 4.91 Å². The molecular formula is C8H7NO5. The number of carbonyl (C=O) groups is 1. The molecule has 0 radical (unpaired) electrons. The summed E-state index contributed by atoms with van der Waals surface area (Å²) in [7, 11) is 0. The molecular weight excluding hydrogens is 190 g/mol. The topological polar surface area (TPSA) is 107 Å². The van der Waals surface area contributed by atoms with E-state index in [1.54, 1.807) is 0 Å². The third-order valence-electron chi connectivity index (χ3n) is 1.64. The van der Waals surface area contributed by atoms with E-state index in [1.807, 2.05) is 5.18 Å². The van der Waals surface area contributed by atoms with Gasteiger partial charge in [0.15, 0.2) is 17.6 Å². The molecule has 0 saturated carbocycles. The molecule has 1 rings (SSSR count). The van der Waals surface area contributed by atoms with Crippen LogP contribution < -0.4 is 0 Å². The normalized spacial score (nSPS) is 12.1. The smallest absolute Gasteiger partial charge is 0.319 e. The maximum Gasteiger partial charge on any atom is 0.319 e. The summed E-state index contributed by atoms with van der Waals surface area (Å²) in [5.41, 5.74) is -0.00935. The maximum absolute atomic E-state index is 10.6. The molecule has 0 heterocycles. The van der Waals surface area contributed by atoms with Crippen molar-refractivity contribution in [2.75, 3.05) is 0 Å². The Bertz CT molecular complexity index is 376. The molecule has 14 heavy (non-hydrogen) atoms. The SMILES string of the molecule is O=NC(=O)[C@H](O)c1ccc(O)c(O)c1. The molecule has 74 valence electrons. The Labute approximate surface area is 78.4 Å². The largest absolute Gasteiger partial charge is 0.504 e. The molecule has 6 heteroatoms. The first-order valence-corrected chi connectivity index (χ1v) is 3.63. The summed E-state index contributed by atoms with van der Waals surface area (Å²) in [5.74, 6) is -2.12. The molecule has 0 saturated heterocycles. The summed E-state index contributed by atoms with van der Waals surface area (Å²) in [6.45, 7) is 0. The Balaban J connectivity index is 3.02. The van der Waals surface area contributed by atoms with E-state index >= 15 is 0 Å². The van der Waals surface area contributed by atoms with Gasteiger partial charge in [0.1, 0.15) is 0 Å². The van der Waals surface area contributed by atoms with Crippen molar-refractivity contribution in [2.24, 2.45) is 5.18 Å². The molecule has 0 bridgehead atoms. The standard InChI is InChI=1S/C8H7NO5/c10-5-2-1-4(3-6(5)11)7(12)8(13)9-14/h1-3,7,10-12H/t7-/m1/s1. The highest BCUT2D eigenvalue weighted by Gasteiger charge is 2.18. The zero-order valence-corrected chi connectivity index (χ0v) is 6.91. The summed E-state index contributed by atoms with van der Waals surface area (Å²) in [6, 6.07) is 3.26. The summed E-state index contributed by atoms with van der Waals surface area (Å²) >= 11 is 0. The second-order valence-corrected chi connectivity index (χ2v) is 2.58. The van der Waals surface area contributed by atoms with Gasteiger partial charge < -0.3 is 15.3 Å². The van der Waals surface area contributed by atoms with Crippen molar-refractivity contribution in [2.45, 2.75) is 6.10 Å². The Morgan fingerprint density at radius 2 is 1.93 bits per heavy atom. The van der Waals surface area contributed by atoms with Gasteiger partial charge in [-0.3, -0.25) is 4.79 Å². The van der Waals surface area contributed by atoms with Crippen molar-refractivity contribution < 1.29 is 20.1 Å². The molecule has 3 N–H and O–H groups in total. The number of phenolic OH excluding ortho intramolecular Hbond substituents is 2. The van der Waals surface area contributed by atoms with Crippen LogP contribution in [0.4, 0.5) is 0 Å². The molecule has 0 aliphatic heterocycles. The molecule has 1 atom stereocenters. The van der Waals surface area contributed by atoms with E-state index in [0.717, 1.165) is 12.1 Å². The number of hydrogen-bond acceptors (Lipinski definition) is 5. The van der Waals surface area contributed by atoms with Crippen molar-refractivity contribution in [1.82, 2.24) is 0 Å². The Morgan fingerprint density at radius 1 is 1.29 bits per heavy atom. The lowest BCUT2D eigenvalue weighted by molar-refractivity contribution is -0.126. The predicted octanol–water partition coefficient (Wildman–Crippen LogP) is 0.424. The number of aromatic hydroxyl groups is 2. The minimum Gasteiger partial charge on any atom is -0.504 e. The summed E-state index contributed by atoms with van der Waals surface area (Å²) in [4.78, 5) is 20.4. The fraction of sp³-hybridized carbons (Fsp3) is 0.125. The van der Waals surface area contributed by atoms with E-state index < -0.39 is 17.8 Å². The average Bonchev–Trinajstić information content (AvgIpc) is 2.20. The Kier molecular flexibility index (Phi) is 2.78. The number of aliphatic hydroxyl groups excluding tert-OH is 1. The third kappa shape index (κ3) is 1.86. The van der Waals surface area contributed by atoms with Crippen molar-refractivity contribution >= 4 is 5.91 Å². The van der Waals surface area contributed by atoms with Crippen LogP contribution in [0.2, 0.25) is 0 Å². The van der Waals surface area contributed by atoms with Crippen LogP contribution in [-0.4, -0.2) is 21.2 Å². The van der Waals surface area contributed by atoms with Crippen LogP contribution in [0.3, 0.4) is 0 Å². The third-order valence-corrected chi connectivity index (χ3v) is 1.64. The number of nitrogens with zero attached hydrogens (tertiary/aromatic N) is 1. The van der Waals surface area contributed by atoms with Gasteiger partial charge in [-0.05, 0) is 17.7 Å². The summed E-state index contributed by atoms with van der Waals surface area (Å²) in [6.07, 6.45) is -1.71. The maximum atomic E-state index is 10.6. The highest BCUT2D eigenvalue weighted by Crippen LogP contribution is 2.28. The van der Waals surface area contributed by atoms with E-state index in [0.29, 0.717) is 0 Å². The molecule has 1 aromatic rings. The van der Waals surface area contributed by atoms with Gasteiger partial charge in [0.2, 0.25) is 0 Å². The highest BCUT2D eigenvalue weighted by atomic mass is 16.3. The quantitative estimate of drug-likeness (QED) is 0.470. The lowest BCUT2D eigenvalue weighted by atomic mass is 10.1. The van der Waals surface area contributed by atoms with Crippen molar-refractivity contribution in [3.8, 4) is 11.5 Å².